The molecule has 0 spiro atoms. The number of ether oxygens (including phenoxy) is 5. The van der Waals surface area contributed by atoms with Gasteiger partial charge < -0.3 is 69.6 Å². The molecule has 0 saturated carbocycles. The van der Waals surface area contributed by atoms with E-state index in [2.05, 4.69) is 0 Å². The van der Waals surface area contributed by atoms with Crippen LogP contribution < -0.4 is 0 Å². The maximum atomic E-state index is 10.5. The van der Waals surface area contributed by atoms with Crippen molar-refractivity contribution in [3.05, 3.63) is 0 Å². The first-order chi connectivity index (χ1) is 14.6. The largest absolute Gasteiger partial charge is 0.394 e. The van der Waals surface area contributed by atoms with Gasteiger partial charge in [-0.1, -0.05) is 0 Å². The zero-order valence-corrected chi connectivity index (χ0v) is 16.6. The third-order valence-corrected chi connectivity index (χ3v) is 5.66. The van der Waals surface area contributed by atoms with Crippen molar-refractivity contribution in [3.8, 4) is 0 Å². The van der Waals surface area contributed by atoms with Crippen LogP contribution in [0.5, 0.6) is 0 Å². The molecule has 0 unspecified atom stereocenters. The standard InChI is InChI=1S/C17H30O14/c1-4-7(20)10(23)13(15(26)28-4)30-17-14(11(24)9(22)6(2-18)29-17)31-16-12(25)8(21)5(19)3-27-16/h4-26H,2-3H2,1H3/t4-,5-,6-,7+,8+,9-,10+,11+,12-,13-,14-,15-,16+,17+/m1/s1. The third kappa shape index (κ3) is 5.02. The Morgan fingerprint density at radius 3 is 1.97 bits per heavy atom. The van der Waals surface area contributed by atoms with Crippen LogP contribution >= 0.6 is 0 Å². The summed E-state index contributed by atoms with van der Waals surface area (Å²) >= 11 is 0. The second-order valence-corrected chi connectivity index (χ2v) is 7.87. The Kier molecular flexibility index (Phi) is 8.21. The van der Waals surface area contributed by atoms with E-state index in [1.54, 1.807) is 0 Å². The van der Waals surface area contributed by atoms with Gasteiger partial charge in [0.1, 0.15) is 61.0 Å². The van der Waals surface area contributed by atoms with Crippen molar-refractivity contribution in [2.75, 3.05) is 13.2 Å². The molecule has 3 fully saturated rings. The highest BCUT2D eigenvalue weighted by Crippen LogP contribution is 2.31. The highest BCUT2D eigenvalue weighted by atomic mass is 16.8. The first kappa shape index (κ1) is 25.1. The molecule has 0 amide bonds. The number of rotatable bonds is 5. The fourth-order valence-electron chi connectivity index (χ4n) is 3.69. The highest BCUT2D eigenvalue weighted by Gasteiger charge is 2.52. The minimum Gasteiger partial charge on any atom is -0.394 e. The van der Waals surface area contributed by atoms with Crippen molar-refractivity contribution in [1.29, 1.82) is 0 Å². The fraction of sp³-hybridized carbons (Fsp3) is 1.00. The molecule has 3 rings (SSSR count). The second-order valence-electron chi connectivity index (χ2n) is 7.87. The van der Waals surface area contributed by atoms with Crippen molar-refractivity contribution in [2.24, 2.45) is 0 Å². The molecule has 0 aromatic heterocycles. The zero-order chi connectivity index (χ0) is 23.0. The molecule has 0 aromatic carbocycles. The normalized spacial score (nSPS) is 54.0. The average molecular weight is 458 g/mol. The highest BCUT2D eigenvalue weighted by molar-refractivity contribution is 4.94. The van der Waals surface area contributed by atoms with Crippen LogP contribution in [0.25, 0.3) is 0 Å². The van der Waals surface area contributed by atoms with Gasteiger partial charge in [0.15, 0.2) is 18.9 Å². The van der Waals surface area contributed by atoms with Crippen LogP contribution in [0.2, 0.25) is 0 Å². The van der Waals surface area contributed by atoms with Gasteiger partial charge in [0, 0.05) is 0 Å². The van der Waals surface area contributed by atoms with E-state index in [1.165, 1.54) is 6.92 Å². The summed E-state index contributed by atoms with van der Waals surface area (Å²) in [5.41, 5.74) is 0. The molecule has 0 radical (unpaired) electrons. The van der Waals surface area contributed by atoms with Gasteiger partial charge >= 0.3 is 0 Å². The monoisotopic (exact) mass is 458 g/mol. The van der Waals surface area contributed by atoms with Gasteiger partial charge in [-0.15, -0.1) is 0 Å². The SMILES string of the molecule is C[C@H]1O[C@@H](O)[C@H](O[C@@H]2O[C@H](CO)[C@@H](O)[C@H](O)[C@H]2O[C@@H]2OC[C@@H](O)[C@H](O)[C@H]2O)[C@@H](O)[C@H]1O. The van der Waals surface area contributed by atoms with Gasteiger partial charge in [-0.3, -0.25) is 0 Å². The minimum absolute atomic E-state index is 0.405. The first-order valence-corrected chi connectivity index (χ1v) is 9.85. The maximum Gasteiger partial charge on any atom is 0.187 e. The van der Waals surface area contributed by atoms with Gasteiger partial charge in [-0.2, -0.15) is 0 Å². The molecule has 3 aliphatic rings. The molecule has 0 bridgehead atoms. The molecular weight excluding hydrogens is 428 g/mol. The fourth-order valence-corrected chi connectivity index (χ4v) is 3.69. The number of aliphatic hydroxyl groups excluding tert-OH is 9. The Balaban J connectivity index is 1.79. The summed E-state index contributed by atoms with van der Waals surface area (Å²) in [7, 11) is 0. The van der Waals surface area contributed by atoms with Gasteiger partial charge in [-0.05, 0) is 6.92 Å². The summed E-state index contributed by atoms with van der Waals surface area (Å²) in [5.74, 6) is 0. The predicted octanol–water partition coefficient (Wildman–Crippen LogP) is -5.91. The number of hydrogen-bond donors (Lipinski definition) is 9. The van der Waals surface area contributed by atoms with E-state index in [0.29, 0.717) is 0 Å². The van der Waals surface area contributed by atoms with Crippen LogP contribution in [0.15, 0.2) is 0 Å². The molecule has 3 saturated heterocycles. The zero-order valence-electron chi connectivity index (χ0n) is 16.6. The molecule has 31 heavy (non-hydrogen) atoms. The van der Waals surface area contributed by atoms with Crippen LogP contribution in [-0.2, 0) is 23.7 Å². The van der Waals surface area contributed by atoms with E-state index in [-0.39, 0.29) is 0 Å². The molecular formula is C17H30O14. The van der Waals surface area contributed by atoms with Crippen molar-refractivity contribution >= 4 is 0 Å². The Bertz CT molecular complexity index is 581. The molecule has 0 aromatic rings. The summed E-state index contributed by atoms with van der Waals surface area (Å²) in [6, 6.07) is 0. The van der Waals surface area contributed by atoms with Crippen LogP contribution in [0.3, 0.4) is 0 Å². The van der Waals surface area contributed by atoms with E-state index in [1.807, 2.05) is 0 Å². The van der Waals surface area contributed by atoms with Crippen molar-refractivity contribution in [2.45, 2.75) is 92.9 Å². The molecule has 9 N–H and O–H groups in total. The molecule has 182 valence electrons. The van der Waals surface area contributed by atoms with Gasteiger partial charge in [0.25, 0.3) is 0 Å². The Morgan fingerprint density at radius 2 is 1.32 bits per heavy atom. The van der Waals surface area contributed by atoms with E-state index < -0.39 is 99.2 Å². The Morgan fingerprint density at radius 1 is 0.710 bits per heavy atom. The Labute approximate surface area is 176 Å². The summed E-state index contributed by atoms with van der Waals surface area (Å²) in [6.45, 7) is 0.280. The molecule has 14 atom stereocenters. The lowest BCUT2D eigenvalue weighted by molar-refractivity contribution is -0.384. The van der Waals surface area contributed by atoms with Gasteiger partial charge in [-0.25, -0.2) is 0 Å². The summed E-state index contributed by atoms with van der Waals surface area (Å²) in [5, 5.41) is 89.9. The van der Waals surface area contributed by atoms with E-state index in [9.17, 15) is 46.0 Å². The maximum absolute atomic E-state index is 10.5. The quantitative estimate of drug-likeness (QED) is 0.187. The first-order valence-electron chi connectivity index (χ1n) is 9.85. The van der Waals surface area contributed by atoms with Crippen molar-refractivity contribution in [1.82, 2.24) is 0 Å². The van der Waals surface area contributed by atoms with Gasteiger partial charge in [0.05, 0.1) is 19.3 Å². The molecule has 14 heteroatoms. The molecule has 0 aliphatic carbocycles. The molecule has 14 nitrogen and oxygen atoms in total. The number of aliphatic hydroxyl groups is 9. The summed E-state index contributed by atoms with van der Waals surface area (Å²) in [6.07, 6.45) is -21.6. The summed E-state index contributed by atoms with van der Waals surface area (Å²) in [4.78, 5) is 0. The lowest BCUT2D eigenvalue weighted by Gasteiger charge is -2.47. The van der Waals surface area contributed by atoms with Crippen LogP contribution in [0.1, 0.15) is 6.92 Å². The van der Waals surface area contributed by atoms with E-state index in [0.717, 1.165) is 0 Å². The minimum atomic E-state index is -1.77. The van der Waals surface area contributed by atoms with Crippen LogP contribution in [-0.4, -0.2) is 145 Å². The third-order valence-electron chi connectivity index (χ3n) is 5.66. The van der Waals surface area contributed by atoms with E-state index >= 15 is 0 Å². The topological polar surface area (TPSA) is 228 Å². The molecule has 3 aliphatic heterocycles. The van der Waals surface area contributed by atoms with Crippen LogP contribution in [0.4, 0.5) is 0 Å². The average Bonchev–Trinajstić information content (AvgIpc) is 2.74. The van der Waals surface area contributed by atoms with Crippen LogP contribution in [0, 0.1) is 0 Å². The van der Waals surface area contributed by atoms with Crippen molar-refractivity contribution in [3.63, 3.8) is 0 Å². The van der Waals surface area contributed by atoms with Gasteiger partial charge in [0.2, 0.25) is 0 Å². The molecule has 3 heterocycles. The Hall–Kier alpha value is -0.560. The second kappa shape index (κ2) is 10.1. The smallest absolute Gasteiger partial charge is 0.187 e. The van der Waals surface area contributed by atoms with Crippen molar-refractivity contribution < 1.29 is 69.6 Å². The predicted molar refractivity (Wildman–Crippen MR) is 93.8 cm³/mol. The lowest BCUT2D eigenvalue weighted by Crippen LogP contribution is -2.65. The lowest BCUT2D eigenvalue weighted by atomic mass is 9.97. The summed E-state index contributed by atoms with van der Waals surface area (Å²) < 4.78 is 26.6. The van der Waals surface area contributed by atoms with E-state index in [4.69, 9.17) is 23.7 Å². The number of hydrogen-bond acceptors (Lipinski definition) is 14.